The zero-order valence-electron chi connectivity index (χ0n) is 14.1. The third-order valence-corrected chi connectivity index (χ3v) is 4.69. The molecule has 9 heteroatoms. The van der Waals surface area contributed by atoms with Gasteiger partial charge in [-0.1, -0.05) is 25.6 Å². The summed E-state index contributed by atoms with van der Waals surface area (Å²) in [4.78, 5) is 50.6. The Balaban J connectivity index is 1.90. The Morgan fingerprint density at radius 3 is 2.76 bits per heavy atom. The SMILES string of the molecule is CC(C)C(NC(=O)SCc1cc[nH]c1)C(=O)NC1CCNC(=O)C1=O. The second kappa shape index (κ2) is 8.70. The number of piperidine rings is 1. The summed E-state index contributed by atoms with van der Waals surface area (Å²) in [5, 5.41) is 7.38. The molecule has 3 amide bonds. The standard InChI is InChI=1S/C16H22N4O4S/c1-9(2)12(20-16(24)25-8-10-3-5-17-7-10)14(22)19-11-4-6-18-15(23)13(11)21/h3,5,7,9,11-12,17H,4,6,8H2,1-2H3,(H,18,23)(H,19,22)(H,20,24). The number of amides is 3. The fourth-order valence-corrected chi connectivity index (χ4v) is 3.09. The number of nitrogens with one attached hydrogen (secondary N) is 4. The van der Waals surface area contributed by atoms with Crippen molar-refractivity contribution in [1.82, 2.24) is 20.9 Å². The van der Waals surface area contributed by atoms with Crippen molar-refractivity contribution in [3.63, 3.8) is 0 Å². The highest BCUT2D eigenvalue weighted by Crippen LogP contribution is 2.14. The minimum absolute atomic E-state index is 0.163. The highest BCUT2D eigenvalue weighted by molar-refractivity contribution is 8.12. The van der Waals surface area contributed by atoms with E-state index in [1.165, 1.54) is 0 Å². The number of aromatic nitrogens is 1. The van der Waals surface area contributed by atoms with Gasteiger partial charge in [0.25, 0.3) is 11.1 Å². The molecule has 1 aromatic rings. The van der Waals surface area contributed by atoms with Crippen LogP contribution in [-0.4, -0.2) is 46.4 Å². The van der Waals surface area contributed by atoms with Crippen molar-refractivity contribution in [2.24, 2.45) is 5.92 Å². The molecule has 136 valence electrons. The van der Waals surface area contributed by atoms with Crippen molar-refractivity contribution in [2.45, 2.75) is 38.1 Å². The van der Waals surface area contributed by atoms with E-state index in [0.29, 0.717) is 18.7 Å². The van der Waals surface area contributed by atoms with Gasteiger partial charge in [0.1, 0.15) is 6.04 Å². The number of hydrogen-bond donors (Lipinski definition) is 4. The zero-order valence-corrected chi connectivity index (χ0v) is 14.9. The predicted molar refractivity (Wildman–Crippen MR) is 93.8 cm³/mol. The Morgan fingerprint density at radius 2 is 2.12 bits per heavy atom. The lowest BCUT2D eigenvalue weighted by molar-refractivity contribution is -0.142. The molecule has 0 radical (unpaired) electrons. The van der Waals surface area contributed by atoms with Gasteiger partial charge in [0.15, 0.2) is 0 Å². The lowest BCUT2D eigenvalue weighted by atomic mass is 10.0. The molecule has 0 saturated carbocycles. The van der Waals surface area contributed by atoms with Crippen LogP contribution in [0.3, 0.4) is 0 Å². The van der Waals surface area contributed by atoms with Crippen molar-refractivity contribution >= 4 is 34.6 Å². The normalized spacial score (nSPS) is 18.6. The molecule has 2 atom stereocenters. The molecule has 1 aromatic heterocycles. The van der Waals surface area contributed by atoms with Gasteiger partial charge in [-0.25, -0.2) is 0 Å². The van der Waals surface area contributed by atoms with E-state index in [4.69, 9.17) is 0 Å². The first-order valence-corrected chi connectivity index (χ1v) is 9.04. The zero-order chi connectivity index (χ0) is 18.4. The smallest absolute Gasteiger partial charge is 0.289 e. The van der Waals surface area contributed by atoms with E-state index in [2.05, 4.69) is 20.9 Å². The van der Waals surface area contributed by atoms with Gasteiger partial charge in [0, 0.05) is 24.7 Å². The first kappa shape index (κ1) is 19.0. The third kappa shape index (κ3) is 5.35. The van der Waals surface area contributed by atoms with Gasteiger partial charge in [0.05, 0.1) is 6.04 Å². The Kier molecular flexibility index (Phi) is 6.63. The summed E-state index contributed by atoms with van der Waals surface area (Å²) < 4.78 is 0. The molecule has 0 aliphatic carbocycles. The molecule has 2 heterocycles. The van der Waals surface area contributed by atoms with Gasteiger partial charge in [0.2, 0.25) is 11.7 Å². The van der Waals surface area contributed by atoms with E-state index in [0.717, 1.165) is 17.3 Å². The highest BCUT2D eigenvalue weighted by Gasteiger charge is 2.33. The average molecular weight is 366 g/mol. The molecule has 4 N–H and O–H groups in total. The Hall–Kier alpha value is -2.29. The average Bonchev–Trinajstić information content (AvgIpc) is 3.08. The summed E-state index contributed by atoms with van der Waals surface area (Å²) in [6.07, 6.45) is 3.92. The lowest BCUT2D eigenvalue weighted by Gasteiger charge is -2.26. The number of carbonyl (C=O) groups excluding carboxylic acids is 4. The van der Waals surface area contributed by atoms with E-state index in [1.54, 1.807) is 26.2 Å². The first-order valence-electron chi connectivity index (χ1n) is 8.06. The number of hydrogen-bond acceptors (Lipinski definition) is 5. The number of rotatable bonds is 6. The van der Waals surface area contributed by atoms with Gasteiger partial charge < -0.3 is 20.9 Å². The molecule has 0 bridgehead atoms. The molecule has 1 aliphatic rings. The van der Waals surface area contributed by atoms with E-state index in [1.807, 2.05) is 6.07 Å². The Bertz CT molecular complexity index is 645. The summed E-state index contributed by atoms with van der Waals surface area (Å²) >= 11 is 1.06. The minimum atomic E-state index is -0.841. The van der Waals surface area contributed by atoms with Crippen molar-refractivity contribution < 1.29 is 19.2 Å². The quantitative estimate of drug-likeness (QED) is 0.548. The monoisotopic (exact) mass is 366 g/mol. The second-order valence-electron chi connectivity index (χ2n) is 6.13. The van der Waals surface area contributed by atoms with Crippen LogP contribution in [0.15, 0.2) is 18.5 Å². The molecular formula is C16H22N4O4S. The number of H-pyrrole nitrogens is 1. The summed E-state index contributed by atoms with van der Waals surface area (Å²) in [5.41, 5.74) is 0.976. The van der Waals surface area contributed by atoms with Gasteiger partial charge in [-0.3, -0.25) is 19.2 Å². The maximum absolute atomic E-state index is 12.4. The van der Waals surface area contributed by atoms with Crippen LogP contribution in [0.4, 0.5) is 4.79 Å². The Morgan fingerprint density at radius 1 is 1.36 bits per heavy atom. The number of Topliss-reactive ketones (excluding diaryl/α,β-unsaturated/α-hetero) is 1. The minimum Gasteiger partial charge on any atom is -0.367 e. The summed E-state index contributed by atoms with van der Waals surface area (Å²) in [6, 6.07) is 0.253. The molecule has 0 aromatic carbocycles. The van der Waals surface area contributed by atoms with Crippen LogP contribution in [-0.2, 0) is 20.1 Å². The molecule has 1 saturated heterocycles. The molecule has 0 spiro atoms. The van der Waals surface area contributed by atoms with E-state index in [-0.39, 0.29) is 11.2 Å². The number of carbonyl (C=O) groups is 4. The maximum Gasteiger partial charge on any atom is 0.289 e. The molecule has 25 heavy (non-hydrogen) atoms. The predicted octanol–water partition coefficient (Wildman–Crippen LogP) is 0.556. The largest absolute Gasteiger partial charge is 0.367 e. The van der Waals surface area contributed by atoms with Crippen LogP contribution in [0.25, 0.3) is 0 Å². The fraction of sp³-hybridized carbons (Fsp3) is 0.500. The third-order valence-electron chi connectivity index (χ3n) is 3.83. The van der Waals surface area contributed by atoms with Crippen molar-refractivity contribution in [3.8, 4) is 0 Å². The van der Waals surface area contributed by atoms with Gasteiger partial charge in [-0.05, 0) is 24.0 Å². The molecule has 1 aliphatic heterocycles. The van der Waals surface area contributed by atoms with E-state index in [9.17, 15) is 19.2 Å². The summed E-state index contributed by atoms with van der Waals surface area (Å²) in [7, 11) is 0. The number of ketones is 1. The van der Waals surface area contributed by atoms with Crippen molar-refractivity contribution in [3.05, 3.63) is 24.0 Å². The highest BCUT2D eigenvalue weighted by atomic mass is 32.2. The van der Waals surface area contributed by atoms with Crippen LogP contribution >= 0.6 is 11.8 Å². The van der Waals surface area contributed by atoms with Crippen LogP contribution in [0, 0.1) is 5.92 Å². The summed E-state index contributed by atoms with van der Waals surface area (Å²) in [6.45, 7) is 3.94. The van der Waals surface area contributed by atoms with Crippen molar-refractivity contribution in [2.75, 3.05) is 6.54 Å². The summed E-state index contributed by atoms with van der Waals surface area (Å²) in [5.74, 6) is -1.48. The number of aromatic amines is 1. The van der Waals surface area contributed by atoms with Crippen molar-refractivity contribution in [1.29, 1.82) is 0 Å². The van der Waals surface area contributed by atoms with Crippen LogP contribution in [0.2, 0.25) is 0 Å². The lowest BCUT2D eigenvalue weighted by Crippen LogP contribution is -2.57. The number of thioether (sulfide) groups is 1. The molecule has 1 fully saturated rings. The molecular weight excluding hydrogens is 344 g/mol. The van der Waals surface area contributed by atoms with Gasteiger partial charge in [-0.15, -0.1) is 0 Å². The topological polar surface area (TPSA) is 120 Å². The van der Waals surface area contributed by atoms with Gasteiger partial charge >= 0.3 is 0 Å². The van der Waals surface area contributed by atoms with Crippen LogP contribution < -0.4 is 16.0 Å². The van der Waals surface area contributed by atoms with Crippen LogP contribution in [0.5, 0.6) is 0 Å². The van der Waals surface area contributed by atoms with Gasteiger partial charge in [-0.2, -0.15) is 0 Å². The molecule has 2 unspecified atom stereocenters. The van der Waals surface area contributed by atoms with E-state index < -0.39 is 29.7 Å². The molecule has 2 rings (SSSR count). The van der Waals surface area contributed by atoms with Crippen LogP contribution in [0.1, 0.15) is 25.8 Å². The maximum atomic E-state index is 12.4. The first-order chi connectivity index (χ1) is 11.9. The fourth-order valence-electron chi connectivity index (χ4n) is 2.41. The Labute approximate surface area is 149 Å². The van der Waals surface area contributed by atoms with E-state index >= 15 is 0 Å². The second-order valence-corrected chi connectivity index (χ2v) is 7.08. The molecule has 8 nitrogen and oxygen atoms in total.